The van der Waals surface area contributed by atoms with Gasteiger partial charge in [0.25, 0.3) is 0 Å². The lowest BCUT2D eigenvalue weighted by Gasteiger charge is -2.53. The molecule has 0 bridgehead atoms. The topological polar surface area (TPSA) is 49.8 Å². The molecular weight excluding hydrogens is 238 g/mol. The Bertz CT molecular complexity index is 273. The highest BCUT2D eigenvalue weighted by Crippen LogP contribution is 2.42. The van der Waals surface area contributed by atoms with E-state index < -0.39 is 0 Å². The maximum absolute atomic E-state index is 11.3. The minimum absolute atomic E-state index is 0.107. The van der Waals surface area contributed by atoms with Gasteiger partial charge in [0.05, 0.1) is 7.11 Å². The number of carbonyl (C=O) groups is 1. The molecule has 1 N–H and O–H groups in total. The molecule has 17 heavy (non-hydrogen) atoms. The Morgan fingerprint density at radius 1 is 1.35 bits per heavy atom. The van der Waals surface area contributed by atoms with Gasteiger partial charge in [-0.05, 0) is 40.5 Å². The van der Waals surface area contributed by atoms with Gasteiger partial charge < -0.3 is 9.94 Å². The highest BCUT2D eigenvalue weighted by Gasteiger charge is 2.46. The van der Waals surface area contributed by atoms with Crippen LogP contribution in [0.5, 0.6) is 0 Å². The number of hydrogen-bond donors (Lipinski definition) is 1. The van der Waals surface area contributed by atoms with Crippen molar-refractivity contribution in [2.75, 3.05) is 13.7 Å². The number of piperidine rings is 1. The molecule has 1 heterocycles. The summed E-state index contributed by atoms with van der Waals surface area (Å²) in [6, 6.07) is 0. The number of aliphatic hydroxyl groups excluding tert-OH is 1. The van der Waals surface area contributed by atoms with Gasteiger partial charge in [-0.2, -0.15) is 5.06 Å². The Morgan fingerprint density at radius 3 is 2.18 bits per heavy atom. The standard InChI is InChI=1S/C12H23NO3S/c1-11(2)6-9(17-10(15)8-14)7-12(3,4)13(11)16-5/h9,14H,6-8H2,1-5H3. The van der Waals surface area contributed by atoms with Gasteiger partial charge in [0, 0.05) is 16.3 Å². The molecule has 0 unspecified atom stereocenters. The lowest BCUT2D eigenvalue weighted by molar-refractivity contribution is -0.262. The van der Waals surface area contributed by atoms with Crippen molar-refractivity contribution in [3.63, 3.8) is 0 Å². The van der Waals surface area contributed by atoms with Crippen LogP contribution in [0, 0.1) is 0 Å². The van der Waals surface area contributed by atoms with E-state index >= 15 is 0 Å². The number of carbonyl (C=O) groups excluding carboxylic acids is 1. The monoisotopic (exact) mass is 261 g/mol. The first-order valence-electron chi connectivity index (χ1n) is 5.88. The molecule has 0 aliphatic carbocycles. The highest BCUT2D eigenvalue weighted by molar-refractivity contribution is 8.14. The fraction of sp³-hybridized carbons (Fsp3) is 0.917. The Morgan fingerprint density at radius 2 is 1.82 bits per heavy atom. The zero-order valence-corrected chi connectivity index (χ0v) is 12.1. The van der Waals surface area contributed by atoms with Gasteiger partial charge in [-0.25, -0.2) is 0 Å². The van der Waals surface area contributed by atoms with E-state index in [-0.39, 0.29) is 28.0 Å². The van der Waals surface area contributed by atoms with E-state index in [4.69, 9.17) is 9.94 Å². The molecule has 1 aliphatic heterocycles. The molecule has 1 saturated heterocycles. The van der Waals surface area contributed by atoms with E-state index in [0.717, 1.165) is 12.8 Å². The largest absolute Gasteiger partial charge is 0.388 e. The van der Waals surface area contributed by atoms with Crippen molar-refractivity contribution in [1.82, 2.24) is 5.06 Å². The van der Waals surface area contributed by atoms with Crippen LogP contribution in [0.3, 0.4) is 0 Å². The fourth-order valence-corrected chi connectivity index (χ4v) is 4.40. The van der Waals surface area contributed by atoms with Gasteiger partial charge >= 0.3 is 0 Å². The molecule has 0 aromatic heterocycles. The van der Waals surface area contributed by atoms with E-state index in [0.29, 0.717) is 0 Å². The molecule has 0 spiro atoms. The molecule has 1 fully saturated rings. The molecule has 4 nitrogen and oxygen atoms in total. The summed E-state index contributed by atoms with van der Waals surface area (Å²) in [5.41, 5.74) is -0.214. The number of hydroxylamine groups is 2. The summed E-state index contributed by atoms with van der Waals surface area (Å²) < 4.78 is 0. The van der Waals surface area contributed by atoms with E-state index in [1.165, 1.54) is 11.8 Å². The Kier molecular flexibility index (Phi) is 4.63. The fourth-order valence-electron chi connectivity index (χ4n) is 2.97. The summed E-state index contributed by atoms with van der Waals surface area (Å²) >= 11 is 1.27. The van der Waals surface area contributed by atoms with Gasteiger partial charge in [-0.1, -0.05) is 11.8 Å². The van der Waals surface area contributed by atoms with Crippen LogP contribution in [0.15, 0.2) is 0 Å². The Balaban J connectivity index is 2.80. The predicted molar refractivity (Wildman–Crippen MR) is 69.7 cm³/mol. The lowest BCUT2D eigenvalue weighted by atomic mass is 9.82. The summed E-state index contributed by atoms with van der Waals surface area (Å²) in [4.78, 5) is 16.8. The van der Waals surface area contributed by atoms with Crippen LogP contribution >= 0.6 is 11.8 Å². The van der Waals surface area contributed by atoms with Gasteiger partial charge in [-0.3, -0.25) is 4.79 Å². The van der Waals surface area contributed by atoms with Gasteiger partial charge in [0.1, 0.15) is 6.61 Å². The molecule has 0 aromatic carbocycles. The van der Waals surface area contributed by atoms with Gasteiger partial charge in [0.15, 0.2) is 0 Å². The number of aliphatic hydroxyl groups is 1. The molecule has 0 atom stereocenters. The summed E-state index contributed by atoms with van der Waals surface area (Å²) in [6.07, 6.45) is 1.75. The molecule has 5 heteroatoms. The van der Waals surface area contributed by atoms with Crippen LogP contribution in [0.1, 0.15) is 40.5 Å². The Hall–Kier alpha value is -0.100. The highest BCUT2D eigenvalue weighted by atomic mass is 32.2. The zero-order valence-electron chi connectivity index (χ0n) is 11.3. The van der Waals surface area contributed by atoms with Crippen LogP contribution in [-0.2, 0) is 9.63 Å². The molecule has 0 aromatic rings. The van der Waals surface area contributed by atoms with Crippen molar-refractivity contribution in [3.8, 4) is 0 Å². The third-order valence-corrected chi connectivity index (χ3v) is 4.22. The van der Waals surface area contributed by atoms with Crippen molar-refractivity contribution in [3.05, 3.63) is 0 Å². The van der Waals surface area contributed by atoms with Gasteiger partial charge in [0.2, 0.25) is 5.12 Å². The normalized spacial score (nSPS) is 24.8. The van der Waals surface area contributed by atoms with E-state index in [2.05, 4.69) is 27.7 Å². The van der Waals surface area contributed by atoms with Crippen molar-refractivity contribution in [1.29, 1.82) is 0 Å². The van der Waals surface area contributed by atoms with Crippen LogP contribution in [-0.4, -0.2) is 45.3 Å². The third kappa shape index (κ3) is 3.44. The predicted octanol–water partition coefficient (Wildman–Crippen LogP) is 1.82. The third-order valence-electron chi connectivity index (χ3n) is 3.16. The molecule has 0 saturated carbocycles. The van der Waals surface area contributed by atoms with Crippen LogP contribution in [0.2, 0.25) is 0 Å². The smallest absolute Gasteiger partial charge is 0.214 e. The molecule has 1 rings (SSSR count). The lowest BCUT2D eigenvalue weighted by Crippen LogP contribution is -2.60. The second-order valence-electron chi connectivity index (χ2n) is 5.78. The molecule has 0 radical (unpaired) electrons. The van der Waals surface area contributed by atoms with Crippen LogP contribution in [0.4, 0.5) is 0 Å². The SMILES string of the molecule is CON1C(C)(C)CC(SC(=O)CO)CC1(C)C. The second kappa shape index (κ2) is 5.26. The maximum atomic E-state index is 11.3. The number of hydrogen-bond acceptors (Lipinski definition) is 5. The van der Waals surface area contributed by atoms with Crippen molar-refractivity contribution in [2.24, 2.45) is 0 Å². The first-order valence-corrected chi connectivity index (χ1v) is 6.76. The summed E-state index contributed by atoms with van der Waals surface area (Å²) in [7, 11) is 1.69. The van der Waals surface area contributed by atoms with E-state index in [1.807, 2.05) is 5.06 Å². The van der Waals surface area contributed by atoms with Crippen molar-refractivity contribution < 1.29 is 14.7 Å². The first kappa shape index (κ1) is 15.0. The number of nitrogens with zero attached hydrogens (tertiary/aromatic N) is 1. The molecule has 100 valence electrons. The summed E-state index contributed by atoms with van der Waals surface area (Å²) in [6.45, 7) is 8.10. The molecule has 0 amide bonds. The average Bonchev–Trinajstić information content (AvgIpc) is 2.14. The van der Waals surface area contributed by atoms with E-state index in [9.17, 15) is 4.79 Å². The average molecular weight is 261 g/mol. The molecular formula is C12H23NO3S. The number of thioether (sulfide) groups is 1. The number of rotatable bonds is 3. The minimum atomic E-state index is -0.379. The summed E-state index contributed by atoms with van der Waals surface area (Å²) in [5.74, 6) is 0. The van der Waals surface area contributed by atoms with Crippen LogP contribution < -0.4 is 0 Å². The molecule has 1 aliphatic rings. The van der Waals surface area contributed by atoms with E-state index in [1.54, 1.807) is 7.11 Å². The summed E-state index contributed by atoms with van der Waals surface area (Å²) in [5, 5.41) is 10.9. The first-order chi connectivity index (χ1) is 7.73. The van der Waals surface area contributed by atoms with Crippen molar-refractivity contribution >= 4 is 16.9 Å². The quantitative estimate of drug-likeness (QED) is 0.840. The van der Waals surface area contributed by atoms with Crippen molar-refractivity contribution in [2.45, 2.75) is 56.9 Å². The van der Waals surface area contributed by atoms with Crippen LogP contribution in [0.25, 0.3) is 0 Å². The maximum Gasteiger partial charge on any atom is 0.214 e. The Labute approximate surface area is 108 Å². The second-order valence-corrected chi connectivity index (χ2v) is 7.14. The minimum Gasteiger partial charge on any atom is -0.388 e. The zero-order chi connectivity index (χ0) is 13.3. The van der Waals surface area contributed by atoms with Gasteiger partial charge in [-0.15, -0.1) is 0 Å².